The van der Waals surface area contributed by atoms with Gasteiger partial charge in [0.25, 0.3) is 5.91 Å². The number of aliphatic carboxylic acids is 1. The van der Waals surface area contributed by atoms with Crippen LogP contribution in [-0.2, 0) is 4.79 Å². The fourth-order valence-electron chi connectivity index (χ4n) is 1.50. The Morgan fingerprint density at radius 3 is 2.35 bits per heavy atom. The van der Waals surface area contributed by atoms with Crippen molar-refractivity contribution in [2.45, 2.75) is 26.3 Å². The van der Waals surface area contributed by atoms with E-state index in [4.69, 9.17) is 5.11 Å². The van der Waals surface area contributed by atoms with Crippen molar-refractivity contribution in [2.75, 3.05) is 0 Å². The summed E-state index contributed by atoms with van der Waals surface area (Å²) >= 11 is 0. The third-order valence-electron chi connectivity index (χ3n) is 2.80. The summed E-state index contributed by atoms with van der Waals surface area (Å²) in [6.07, 6.45) is 0.700. The maximum Gasteiger partial charge on any atom is 0.326 e. The number of nitrogens with one attached hydrogen (secondary N) is 1. The lowest BCUT2D eigenvalue weighted by atomic mass is 9.99. The van der Waals surface area contributed by atoms with Gasteiger partial charge in [-0.15, -0.1) is 0 Å². The smallest absolute Gasteiger partial charge is 0.326 e. The molecule has 4 heteroatoms. The summed E-state index contributed by atoms with van der Waals surface area (Å²) in [6, 6.07) is 7.77. The minimum atomic E-state index is -0.997. The van der Waals surface area contributed by atoms with Crippen LogP contribution in [-0.4, -0.2) is 23.0 Å². The van der Waals surface area contributed by atoms with Crippen molar-refractivity contribution >= 4 is 11.9 Å². The Morgan fingerprint density at radius 2 is 1.88 bits per heavy atom. The van der Waals surface area contributed by atoms with Crippen LogP contribution < -0.4 is 5.32 Å². The van der Waals surface area contributed by atoms with Gasteiger partial charge in [-0.05, 0) is 18.1 Å². The van der Waals surface area contributed by atoms with E-state index in [1.165, 1.54) is 0 Å². The molecule has 17 heavy (non-hydrogen) atoms. The average molecular weight is 235 g/mol. The van der Waals surface area contributed by atoms with Crippen molar-refractivity contribution in [1.82, 2.24) is 5.32 Å². The molecule has 0 aliphatic carbocycles. The van der Waals surface area contributed by atoms with Crippen LogP contribution in [0.3, 0.4) is 0 Å². The molecule has 2 N–H and O–H groups in total. The standard InChI is InChI=1S/C13H17NO3/c1-3-9(2)11(13(16)17)14-12(15)10-7-5-4-6-8-10/h4-9,11H,3H2,1-2H3,(H,14,15)(H,16,17)/t9-,11+/m1/s1. The lowest BCUT2D eigenvalue weighted by Gasteiger charge is -2.20. The number of rotatable bonds is 5. The van der Waals surface area contributed by atoms with Gasteiger partial charge < -0.3 is 10.4 Å². The molecule has 0 aromatic heterocycles. The van der Waals surface area contributed by atoms with E-state index in [-0.39, 0.29) is 11.8 Å². The lowest BCUT2D eigenvalue weighted by Crippen LogP contribution is -2.44. The molecule has 0 radical (unpaired) electrons. The van der Waals surface area contributed by atoms with Crippen molar-refractivity contribution in [3.63, 3.8) is 0 Å². The Kier molecular flexibility index (Phi) is 4.69. The first kappa shape index (κ1) is 13.2. The lowest BCUT2D eigenvalue weighted by molar-refractivity contribution is -0.140. The molecule has 92 valence electrons. The van der Waals surface area contributed by atoms with E-state index in [0.717, 1.165) is 0 Å². The molecule has 0 spiro atoms. The van der Waals surface area contributed by atoms with E-state index in [9.17, 15) is 9.59 Å². The van der Waals surface area contributed by atoms with Crippen LogP contribution in [0.4, 0.5) is 0 Å². The molecule has 1 rings (SSSR count). The van der Waals surface area contributed by atoms with Crippen LogP contribution in [0.1, 0.15) is 30.6 Å². The highest BCUT2D eigenvalue weighted by Crippen LogP contribution is 2.09. The molecule has 1 aromatic rings. The number of carboxylic acids is 1. The van der Waals surface area contributed by atoms with Gasteiger partial charge in [-0.3, -0.25) is 4.79 Å². The largest absolute Gasteiger partial charge is 0.480 e. The van der Waals surface area contributed by atoms with Gasteiger partial charge >= 0.3 is 5.97 Å². The van der Waals surface area contributed by atoms with E-state index >= 15 is 0 Å². The second-order valence-corrected chi connectivity index (χ2v) is 4.04. The Hall–Kier alpha value is -1.84. The summed E-state index contributed by atoms with van der Waals surface area (Å²) < 4.78 is 0. The SMILES string of the molecule is CC[C@@H](C)[C@H](NC(=O)c1ccccc1)C(=O)O. The van der Waals surface area contributed by atoms with E-state index in [1.807, 2.05) is 13.8 Å². The van der Waals surface area contributed by atoms with Gasteiger partial charge in [0.1, 0.15) is 6.04 Å². The van der Waals surface area contributed by atoms with Gasteiger partial charge in [0.2, 0.25) is 0 Å². The van der Waals surface area contributed by atoms with E-state index < -0.39 is 12.0 Å². The van der Waals surface area contributed by atoms with Crippen LogP contribution in [0.15, 0.2) is 30.3 Å². The van der Waals surface area contributed by atoms with Crippen molar-refractivity contribution in [1.29, 1.82) is 0 Å². The summed E-state index contributed by atoms with van der Waals surface area (Å²) in [5.41, 5.74) is 0.474. The highest BCUT2D eigenvalue weighted by Gasteiger charge is 2.25. The number of carbonyl (C=O) groups is 2. The number of hydrogen-bond donors (Lipinski definition) is 2. The van der Waals surface area contributed by atoms with Crippen LogP contribution >= 0.6 is 0 Å². The summed E-state index contributed by atoms with van der Waals surface area (Å²) in [7, 11) is 0. The molecule has 0 aliphatic heterocycles. The Labute approximate surface area is 101 Å². The van der Waals surface area contributed by atoms with Crippen LogP contribution in [0.25, 0.3) is 0 Å². The van der Waals surface area contributed by atoms with Crippen molar-refractivity contribution < 1.29 is 14.7 Å². The van der Waals surface area contributed by atoms with E-state index in [2.05, 4.69) is 5.32 Å². The molecular formula is C13H17NO3. The maximum absolute atomic E-state index is 11.8. The van der Waals surface area contributed by atoms with Gasteiger partial charge in [-0.1, -0.05) is 38.5 Å². The minimum absolute atomic E-state index is 0.0971. The summed E-state index contributed by atoms with van der Waals surface area (Å²) in [4.78, 5) is 22.9. The van der Waals surface area contributed by atoms with E-state index in [1.54, 1.807) is 30.3 Å². The van der Waals surface area contributed by atoms with Gasteiger partial charge in [-0.2, -0.15) is 0 Å². The number of carboxylic acid groups (broad SMARTS) is 1. The molecule has 1 aromatic carbocycles. The highest BCUT2D eigenvalue weighted by atomic mass is 16.4. The van der Waals surface area contributed by atoms with Crippen molar-refractivity contribution in [2.24, 2.45) is 5.92 Å². The first-order valence-corrected chi connectivity index (χ1v) is 5.65. The quantitative estimate of drug-likeness (QED) is 0.819. The fraction of sp³-hybridized carbons (Fsp3) is 0.385. The third kappa shape index (κ3) is 3.59. The molecule has 0 fully saturated rings. The van der Waals surface area contributed by atoms with Gasteiger partial charge in [-0.25, -0.2) is 4.79 Å². The predicted octanol–water partition coefficient (Wildman–Crippen LogP) is 1.92. The molecule has 1 amide bonds. The normalized spacial score (nSPS) is 13.8. The molecule has 0 bridgehead atoms. The first-order valence-electron chi connectivity index (χ1n) is 5.65. The van der Waals surface area contributed by atoms with Gasteiger partial charge in [0, 0.05) is 5.56 Å². The van der Waals surface area contributed by atoms with Crippen LogP contribution in [0, 0.1) is 5.92 Å². The maximum atomic E-state index is 11.8. The molecule has 2 atom stereocenters. The van der Waals surface area contributed by atoms with Crippen molar-refractivity contribution in [3.8, 4) is 0 Å². The number of carbonyl (C=O) groups excluding carboxylic acids is 1. The Bertz CT molecular complexity index is 389. The minimum Gasteiger partial charge on any atom is -0.480 e. The molecule has 0 saturated carbocycles. The van der Waals surface area contributed by atoms with Crippen molar-refractivity contribution in [3.05, 3.63) is 35.9 Å². The topological polar surface area (TPSA) is 66.4 Å². The predicted molar refractivity (Wildman–Crippen MR) is 64.8 cm³/mol. The average Bonchev–Trinajstić information content (AvgIpc) is 2.35. The van der Waals surface area contributed by atoms with Crippen LogP contribution in [0.5, 0.6) is 0 Å². The second-order valence-electron chi connectivity index (χ2n) is 4.04. The first-order chi connectivity index (χ1) is 8.06. The zero-order chi connectivity index (χ0) is 12.8. The number of amides is 1. The zero-order valence-corrected chi connectivity index (χ0v) is 10.0. The molecule has 0 aliphatic rings. The monoisotopic (exact) mass is 235 g/mol. The summed E-state index contributed by atoms with van der Waals surface area (Å²) in [6.45, 7) is 3.71. The Morgan fingerprint density at radius 1 is 1.29 bits per heavy atom. The Balaban J connectivity index is 2.75. The highest BCUT2D eigenvalue weighted by molar-refractivity contribution is 5.96. The molecule has 0 saturated heterocycles. The number of hydrogen-bond acceptors (Lipinski definition) is 2. The fourth-order valence-corrected chi connectivity index (χ4v) is 1.50. The van der Waals surface area contributed by atoms with E-state index in [0.29, 0.717) is 12.0 Å². The summed E-state index contributed by atoms with van der Waals surface area (Å²) in [5.74, 6) is -1.44. The number of benzene rings is 1. The molecule has 4 nitrogen and oxygen atoms in total. The molecular weight excluding hydrogens is 218 g/mol. The third-order valence-corrected chi connectivity index (χ3v) is 2.80. The zero-order valence-electron chi connectivity index (χ0n) is 10.0. The molecule has 0 heterocycles. The second kappa shape index (κ2) is 6.03. The molecule has 0 unspecified atom stereocenters. The van der Waals surface area contributed by atoms with Gasteiger partial charge in [0.15, 0.2) is 0 Å². The summed E-state index contributed by atoms with van der Waals surface area (Å²) in [5, 5.41) is 11.6. The van der Waals surface area contributed by atoms with Crippen LogP contribution in [0.2, 0.25) is 0 Å². The van der Waals surface area contributed by atoms with Gasteiger partial charge in [0.05, 0.1) is 0 Å².